The van der Waals surface area contributed by atoms with Gasteiger partial charge >= 0.3 is 0 Å². The van der Waals surface area contributed by atoms with Gasteiger partial charge in [-0.15, -0.1) is 0 Å². The van der Waals surface area contributed by atoms with Gasteiger partial charge in [-0.05, 0) is 98.5 Å². The van der Waals surface area contributed by atoms with Gasteiger partial charge in [0.2, 0.25) is 0 Å². The molecule has 2 aromatic rings. The number of carbonyl (C=O) groups excluding carboxylic acids is 1. The molecule has 0 radical (unpaired) electrons. The molecule has 1 amide bonds. The summed E-state index contributed by atoms with van der Waals surface area (Å²) >= 11 is 3.33. The Labute approximate surface area is 268 Å². The molecule has 5 nitrogen and oxygen atoms in total. The number of aromatic hydroxyl groups is 1. The van der Waals surface area contributed by atoms with Gasteiger partial charge in [0, 0.05) is 42.3 Å². The number of benzene rings is 2. The number of carbonyl (C=O) groups is 1. The predicted octanol–water partition coefficient (Wildman–Crippen LogP) is 9.49. The highest BCUT2D eigenvalue weighted by Crippen LogP contribution is 2.43. The molecule has 4 unspecified atom stereocenters. The van der Waals surface area contributed by atoms with E-state index in [1.54, 1.807) is 25.4 Å². The van der Waals surface area contributed by atoms with Crippen LogP contribution >= 0.6 is 15.9 Å². The number of hydrogen-bond donors (Lipinski definition) is 1. The fourth-order valence-corrected chi connectivity index (χ4v) is 5.14. The van der Waals surface area contributed by atoms with Crippen molar-refractivity contribution in [3.05, 3.63) is 88.4 Å². The molecule has 234 valence electrons. The number of amides is 1. The van der Waals surface area contributed by atoms with Crippen molar-refractivity contribution in [1.82, 2.24) is 4.90 Å². The van der Waals surface area contributed by atoms with Gasteiger partial charge in [0.1, 0.15) is 11.5 Å². The zero-order chi connectivity index (χ0) is 31.9. The van der Waals surface area contributed by atoms with Gasteiger partial charge in [-0.2, -0.15) is 0 Å². The Morgan fingerprint density at radius 3 is 2.28 bits per heavy atom. The number of para-hydroxylation sites is 2. The van der Waals surface area contributed by atoms with E-state index in [0.29, 0.717) is 17.8 Å². The van der Waals surface area contributed by atoms with Crippen molar-refractivity contribution in [2.45, 2.75) is 73.3 Å². The first-order valence-electron chi connectivity index (χ1n) is 15.4. The summed E-state index contributed by atoms with van der Waals surface area (Å²) in [6, 6.07) is 17.0. The monoisotopic (exact) mass is 650 g/mol. The molecule has 2 aromatic carbocycles. The molecule has 1 saturated carbocycles. The van der Waals surface area contributed by atoms with E-state index in [9.17, 15) is 9.90 Å². The van der Waals surface area contributed by atoms with E-state index < -0.39 is 0 Å². The highest BCUT2D eigenvalue weighted by atomic mass is 79.9. The second kappa shape index (κ2) is 18.5. The van der Waals surface area contributed by atoms with E-state index in [-0.39, 0.29) is 17.8 Å². The molecule has 6 heteroatoms. The number of piperidine rings is 1. The number of hydrogen-bond acceptors (Lipinski definition) is 4. The third-order valence-electron chi connectivity index (χ3n) is 7.65. The number of halogens is 1. The average molecular weight is 652 g/mol. The normalized spacial score (nSPS) is 19.5. The molecule has 0 aromatic heterocycles. The van der Waals surface area contributed by atoms with Crippen LogP contribution in [-0.4, -0.2) is 48.4 Å². The number of likely N-dealkylation sites (tertiary alicyclic amines) is 1. The van der Waals surface area contributed by atoms with Crippen molar-refractivity contribution >= 4 is 33.6 Å². The second-order valence-electron chi connectivity index (χ2n) is 11.9. The summed E-state index contributed by atoms with van der Waals surface area (Å²) in [4.78, 5) is 18.9. The molecule has 0 bridgehead atoms. The lowest BCUT2D eigenvalue weighted by Gasteiger charge is -2.34. The molecule has 1 aliphatic carbocycles. The van der Waals surface area contributed by atoms with E-state index in [1.807, 2.05) is 76.2 Å². The zero-order valence-electron chi connectivity index (χ0n) is 27.1. The molecule has 2 fully saturated rings. The number of phenolic OH excluding ortho intramolecular Hbond substituents is 1. The summed E-state index contributed by atoms with van der Waals surface area (Å²) in [6.07, 6.45) is 8.09. The minimum atomic E-state index is -0.298. The molecule has 43 heavy (non-hydrogen) atoms. The van der Waals surface area contributed by atoms with E-state index >= 15 is 0 Å². The van der Waals surface area contributed by atoms with E-state index in [0.717, 1.165) is 53.7 Å². The van der Waals surface area contributed by atoms with Crippen LogP contribution in [0.4, 0.5) is 0 Å². The Morgan fingerprint density at radius 2 is 1.77 bits per heavy atom. The highest BCUT2D eigenvalue weighted by molar-refractivity contribution is 9.12. The smallest absolute Gasteiger partial charge is 0.263 e. The van der Waals surface area contributed by atoms with Crippen molar-refractivity contribution < 1.29 is 14.6 Å². The van der Waals surface area contributed by atoms with Crippen LogP contribution in [0.5, 0.6) is 11.5 Å². The first-order valence-corrected chi connectivity index (χ1v) is 16.1. The molecular formula is C37H51BrN2O3. The zero-order valence-corrected chi connectivity index (χ0v) is 28.7. The molecule has 1 saturated heterocycles. The van der Waals surface area contributed by atoms with Crippen LogP contribution in [0.2, 0.25) is 0 Å². The van der Waals surface area contributed by atoms with Gasteiger partial charge < -0.3 is 14.7 Å². The Bertz CT molecular complexity index is 1260. The Kier molecular flexibility index (Phi) is 15.5. The fraction of sp³-hybridized carbons (Fsp3) is 0.459. The molecule has 0 spiro atoms. The van der Waals surface area contributed by atoms with Gasteiger partial charge in [-0.25, -0.2) is 0 Å². The van der Waals surface area contributed by atoms with Gasteiger partial charge in [-0.3, -0.25) is 9.79 Å². The SMILES string of the molecule is C=C(C=C(C)C)c1ccccc1O.CCC1CCCN(C(=O)C(Oc2ccccc2)C2CC2C)C1.CN=CC(Br)=C(C)C. The van der Waals surface area contributed by atoms with Gasteiger partial charge in [0.15, 0.2) is 6.10 Å². The Hall–Kier alpha value is -3.12. The third-order valence-corrected chi connectivity index (χ3v) is 8.65. The van der Waals surface area contributed by atoms with Crippen molar-refractivity contribution in [2.75, 3.05) is 20.1 Å². The standard InChI is InChI=1S/C19H27NO2.C12H14O.C6H10BrN/c1-3-15-8-7-11-20(13-15)19(21)18(17-12-14(17)2)22-16-9-5-4-6-10-16;1-9(2)8-10(3)11-6-4-5-7-12(11)13;1-5(2)6(7)4-8-3/h4-6,9-10,14-15,17-18H,3,7-8,11-13H2,1-2H3;4-8,13H,3H2,1-2H3;4H,1-3H3. The predicted molar refractivity (Wildman–Crippen MR) is 186 cm³/mol. The second-order valence-corrected chi connectivity index (χ2v) is 12.8. The number of phenols is 1. The van der Waals surface area contributed by atoms with Crippen LogP contribution in [0.3, 0.4) is 0 Å². The number of nitrogens with zero attached hydrogens (tertiary/aromatic N) is 2. The quantitative estimate of drug-likeness (QED) is 0.229. The summed E-state index contributed by atoms with van der Waals surface area (Å²) in [5.74, 6) is 2.94. The largest absolute Gasteiger partial charge is 0.507 e. The molecule has 4 rings (SSSR count). The Balaban J connectivity index is 0.000000261. The summed E-state index contributed by atoms with van der Waals surface area (Å²) in [7, 11) is 1.75. The Morgan fingerprint density at radius 1 is 1.14 bits per heavy atom. The number of aliphatic imine (C=N–C) groups is 1. The van der Waals surface area contributed by atoms with Crippen LogP contribution in [0, 0.1) is 17.8 Å². The van der Waals surface area contributed by atoms with E-state index in [1.165, 1.54) is 17.6 Å². The minimum Gasteiger partial charge on any atom is -0.507 e. The maximum Gasteiger partial charge on any atom is 0.263 e. The maximum atomic E-state index is 13.0. The van der Waals surface area contributed by atoms with Crippen molar-refractivity contribution in [2.24, 2.45) is 22.7 Å². The summed E-state index contributed by atoms with van der Waals surface area (Å²) in [5, 5.41) is 9.50. The summed E-state index contributed by atoms with van der Waals surface area (Å²) < 4.78 is 7.17. The van der Waals surface area contributed by atoms with Crippen LogP contribution in [0.25, 0.3) is 5.57 Å². The van der Waals surface area contributed by atoms with Gasteiger partial charge in [-0.1, -0.05) is 80.5 Å². The van der Waals surface area contributed by atoms with Crippen LogP contribution in [0.15, 0.2) is 87.9 Å². The van der Waals surface area contributed by atoms with Crippen LogP contribution < -0.4 is 4.74 Å². The number of allylic oxidation sites excluding steroid dienone is 5. The lowest BCUT2D eigenvalue weighted by molar-refractivity contribution is -0.141. The summed E-state index contributed by atoms with van der Waals surface area (Å²) in [5.41, 5.74) is 4.06. The van der Waals surface area contributed by atoms with Crippen molar-refractivity contribution in [3.63, 3.8) is 0 Å². The molecule has 1 heterocycles. The third kappa shape index (κ3) is 12.6. The van der Waals surface area contributed by atoms with Crippen molar-refractivity contribution in [3.8, 4) is 11.5 Å². The van der Waals surface area contributed by atoms with Gasteiger partial charge in [0.05, 0.1) is 0 Å². The van der Waals surface area contributed by atoms with E-state index in [4.69, 9.17) is 4.74 Å². The first kappa shape index (κ1) is 36.1. The first-order chi connectivity index (χ1) is 20.5. The van der Waals surface area contributed by atoms with Crippen molar-refractivity contribution in [1.29, 1.82) is 0 Å². The molecule has 1 aliphatic heterocycles. The fourth-order valence-electron chi connectivity index (χ4n) is 4.93. The average Bonchev–Trinajstić information content (AvgIpc) is 3.72. The summed E-state index contributed by atoms with van der Waals surface area (Å²) in [6.45, 7) is 18.2. The van der Waals surface area contributed by atoms with Gasteiger partial charge in [0.25, 0.3) is 5.91 Å². The lowest BCUT2D eigenvalue weighted by atomic mass is 9.95. The van der Waals surface area contributed by atoms with E-state index in [2.05, 4.69) is 46.2 Å². The molecule has 2 aliphatic rings. The maximum absolute atomic E-state index is 13.0. The minimum absolute atomic E-state index is 0.205. The lowest BCUT2D eigenvalue weighted by Crippen LogP contribution is -2.47. The molecule has 1 N–H and O–H groups in total. The molecule has 4 atom stereocenters. The number of rotatable bonds is 8. The van der Waals surface area contributed by atoms with Crippen LogP contribution in [-0.2, 0) is 4.79 Å². The topological polar surface area (TPSA) is 62.1 Å². The molecular weight excluding hydrogens is 600 g/mol. The number of ether oxygens (including phenoxy) is 1. The van der Waals surface area contributed by atoms with Crippen LogP contribution in [0.1, 0.15) is 72.8 Å². The highest BCUT2D eigenvalue weighted by Gasteiger charge is 2.46.